The van der Waals surface area contributed by atoms with Crippen LogP contribution in [-0.2, 0) is 11.2 Å². The van der Waals surface area contributed by atoms with Gasteiger partial charge in [-0.25, -0.2) is 9.97 Å². The Morgan fingerprint density at radius 2 is 1.89 bits per heavy atom. The maximum absolute atomic E-state index is 12.9. The predicted octanol–water partition coefficient (Wildman–Crippen LogP) is 2.83. The summed E-state index contributed by atoms with van der Waals surface area (Å²) >= 11 is 0. The number of hydrogen-bond acceptors (Lipinski definition) is 8. The fourth-order valence-electron chi connectivity index (χ4n) is 3.95. The maximum Gasteiger partial charge on any atom is 0.316 e. The van der Waals surface area contributed by atoms with E-state index in [2.05, 4.69) is 25.6 Å². The van der Waals surface area contributed by atoms with Gasteiger partial charge in [-0.2, -0.15) is 0 Å². The summed E-state index contributed by atoms with van der Waals surface area (Å²) in [7, 11) is 1.52. The number of carbonyl (C=O) groups excluding carboxylic acids is 2. The Hall–Kier alpha value is -4.05. The van der Waals surface area contributed by atoms with E-state index in [4.69, 9.17) is 14.2 Å². The molecule has 0 saturated heterocycles. The molecule has 0 fully saturated rings. The van der Waals surface area contributed by atoms with Crippen molar-refractivity contribution in [3.63, 3.8) is 0 Å². The molecule has 0 unspecified atom stereocenters. The first-order chi connectivity index (χ1) is 17.9. The van der Waals surface area contributed by atoms with Crippen LogP contribution in [0.4, 0.5) is 0 Å². The summed E-state index contributed by atoms with van der Waals surface area (Å²) in [5.41, 5.74) is 3.36. The molecule has 1 aliphatic rings. The average molecular weight is 506 g/mol. The number of benzene rings is 1. The van der Waals surface area contributed by atoms with E-state index in [1.165, 1.54) is 13.3 Å². The molecule has 0 saturated carbocycles. The zero-order valence-electron chi connectivity index (χ0n) is 21.2. The molecule has 1 aromatic carbocycles. The molecule has 3 aromatic rings. The number of carbonyl (C=O) groups is 2. The fourth-order valence-corrected chi connectivity index (χ4v) is 3.95. The van der Waals surface area contributed by atoms with Gasteiger partial charge in [0.25, 0.3) is 11.8 Å². The van der Waals surface area contributed by atoms with Gasteiger partial charge in [0, 0.05) is 49.3 Å². The van der Waals surface area contributed by atoms with E-state index >= 15 is 0 Å². The minimum absolute atomic E-state index is 0.163. The number of pyridine rings is 1. The number of methoxy groups -OCH3 is 1. The van der Waals surface area contributed by atoms with Crippen LogP contribution < -0.4 is 20.1 Å². The average Bonchev–Trinajstić information content (AvgIpc) is 2.92. The van der Waals surface area contributed by atoms with Crippen molar-refractivity contribution in [3.8, 4) is 22.9 Å². The zero-order valence-corrected chi connectivity index (χ0v) is 21.2. The highest BCUT2D eigenvalue weighted by Crippen LogP contribution is 2.34. The minimum atomic E-state index is -0.288. The lowest BCUT2D eigenvalue weighted by atomic mass is 9.94. The first-order valence-corrected chi connectivity index (χ1v) is 12.2. The van der Waals surface area contributed by atoms with Gasteiger partial charge in [0.15, 0.2) is 0 Å². The Bertz CT molecular complexity index is 1210. The highest BCUT2D eigenvalue weighted by molar-refractivity contribution is 5.96. The Balaban J connectivity index is 1.35. The molecule has 1 aliphatic heterocycles. The van der Waals surface area contributed by atoms with Gasteiger partial charge in [0.2, 0.25) is 0 Å². The van der Waals surface area contributed by atoms with E-state index in [0.717, 1.165) is 22.4 Å². The van der Waals surface area contributed by atoms with Gasteiger partial charge in [-0.05, 0) is 44.0 Å². The van der Waals surface area contributed by atoms with Crippen LogP contribution in [0.3, 0.4) is 0 Å². The van der Waals surface area contributed by atoms with Crippen molar-refractivity contribution < 1.29 is 23.8 Å². The second kappa shape index (κ2) is 12.3. The summed E-state index contributed by atoms with van der Waals surface area (Å²) in [6.07, 6.45) is 6.26. The third-order valence-corrected chi connectivity index (χ3v) is 5.80. The van der Waals surface area contributed by atoms with Crippen LogP contribution >= 0.6 is 0 Å². The van der Waals surface area contributed by atoms with E-state index in [1.54, 1.807) is 24.5 Å². The van der Waals surface area contributed by atoms with Crippen LogP contribution in [0.15, 0.2) is 48.9 Å². The topological polar surface area (TPSA) is 125 Å². The van der Waals surface area contributed by atoms with Crippen LogP contribution in [0.1, 0.15) is 46.7 Å². The van der Waals surface area contributed by atoms with Crippen molar-refractivity contribution in [2.45, 2.75) is 38.8 Å². The third kappa shape index (κ3) is 6.79. The molecule has 0 radical (unpaired) electrons. The highest BCUT2D eigenvalue weighted by atomic mass is 16.5. The van der Waals surface area contributed by atoms with Crippen molar-refractivity contribution in [2.75, 3.05) is 26.9 Å². The lowest BCUT2D eigenvalue weighted by Crippen LogP contribution is -2.43. The van der Waals surface area contributed by atoms with Gasteiger partial charge in [-0.15, -0.1) is 0 Å². The molecule has 0 spiro atoms. The molecule has 37 heavy (non-hydrogen) atoms. The number of hydrogen-bond donors (Lipinski definition) is 2. The molecule has 1 atom stereocenters. The Labute approximate surface area is 215 Å². The normalized spacial score (nSPS) is 14.4. The molecule has 2 aromatic heterocycles. The Kier molecular flexibility index (Phi) is 8.63. The first-order valence-electron chi connectivity index (χ1n) is 12.2. The molecule has 194 valence electrons. The SMILES string of the molecule is COc1ncc(-c2cccc3c2C[C@H](NC(=O)c2ccc(C(=O)NCCCOC(C)C)nc2)CO3)cn1. The fraction of sp³-hybridized carbons (Fsp3) is 0.370. The second-order valence-electron chi connectivity index (χ2n) is 8.89. The molecular formula is C27H31N5O5. The van der Waals surface area contributed by atoms with Gasteiger partial charge < -0.3 is 24.8 Å². The van der Waals surface area contributed by atoms with E-state index in [1.807, 2.05) is 32.0 Å². The summed E-state index contributed by atoms with van der Waals surface area (Å²) in [5.74, 6) is 0.197. The number of fused-ring (bicyclic) bond motifs is 1. The van der Waals surface area contributed by atoms with Gasteiger partial charge in [-0.1, -0.05) is 12.1 Å². The lowest BCUT2D eigenvalue weighted by Gasteiger charge is -2.28. The number of aromatic nitrogens is 3. The molecule has 0 bridgehead atoms. The summed E-state index contributed by atoms with van der Waals surface area (Å²) in [6.45, 7) is 5.35. The quantitative estimate of drug-likeness (QED) is 0.403. The van der Waals surface area contributed by atoms with E-state index < -0.39 is 0 Å². The van der Waals surface area contributed by atoms with Crippen molar-refractivity contribution in [1.29, 1.82) is 0 Å². The van der Waals surface area contributed by atoms with E-state index in [-0.39, 0.29) is 29.7 Å². The number of rotatable bonds is 10. The molecule has 10 nitrogen and oxygen atoms in total. The van der Waals surface area contributed by atoms with Crippen LogP contribution in [0.2, 0.25) is 0 Å². The van der Waals surface area contributed by atoms with Crippen molar-refractivity contribution in [3.05, 3.63) is 65.7 Å². The number of nitrogens with one attached hydrogen (secondary N) is 2. The molecule has 2 N–H and O–H groups in total. The number of amides is 2. The lowest BCUT2D eigenvalue weighted by molar-refractivity contribution is 0.0756. The predicted molar refractivity (Wildman–Crippen MR) is 137 cm³/mol. The smallest absolute Gasteiger partial charge is 0.316 e. The van der Waals surface area contributed by atoms with E-state index in [0.29, 0.717) is 44.2 Å². The largest absolute Gasteiger partial charge is 0.491 e. The highest BCUT2D eigenvalue weighted by Gasteiger charge is 2.25. The van der Waals surface area contributed by atoms with Crippen LogP contribution in [0, 0.1) is 0 Å². The summed E-state index contributed by atoms with van der Waals surface area (Å²) < 4.78 is 16.4. The van der Waals surface area contributed by atoms with Crippen molar-refractivity contribution in [1.82, 2.24) is 25.6 Å². The van der Waals surface area contributed by atoms with Crippen molar-refractivity contribution in [2.24, 2.45) is 0 Å². The van der Waals surface area contributed by atoms with Crippen molar-refractivity contribution >= 4 is 11.8 Å². The number of ether oxygens (including phenoxy) is 3. The zero-order chi connectivity index (χ0) is 26.2. The molecule has 10 heteroatoms. The van der Waals surface area contributed by atoms with E-state index in [9.17, 15) is 9.59 Å². The monoisotopic (exact) mass is 505 g/mol. The van der Waals surface area contributed by atoms with Gasteiger partial charge >= 0.3 is 6.01 Å². The molecule has 4 rings (SSSR count). The summed E-state index contributed by atoms with van der Waals surface area (Å²) in [6, 6.07) is 8.99. The Morgan fingerprint density at radius 3 is 2.59 bits per heavy atom. The molecule has 2 amide bonds. The summed E-state index contributed by atoms with van der Waals surface area (Å²) in [5, 5.41) is 5.82. The van der Waals surface area contributed by atoms with Crippen LogP contribution in [0.25, 0.3) is 11.1 Å². The van der Waals surface area contributed by atoms with Crippen LogP contribution in [0.5, 0.6) is 11.8 Å². The van der Waals surface area contributed by atoms with Gasteiger partial charge in [0.05, 0.1) is 24.8 Å². The van der Waals surface area contributed by atoms with Gasteiger partial charge in [-0.3, -0.25) is 14.6 Å². The molecular weight excluding hydrogens is 474 g/mol. The number of nitrogens with zero attached hydrogens (tertiary/aromatic N) is 3. The standard InChI is InChI=1S/C27H31N5O5/c1-17(2)36-11-5-10-28-26(34)23-9-8-18(13-29-23)25(33)32-20-12-22-21(6-4-7-24(22)37-16-20)19-14-30-27(35-3)31-15-19/h4,6-9,13-15,17,20H,5,10-12,16H2,1-3H3,(H,28,34)(H,32,33)/t20-/m0/s1. The molecule has 0 aliphatic carbocycles. The van der Waals surface area contributed by atoms with Crippen LogP contribution in [-0.4, -0.2) is 65.8 Å². The third-order valence-electron chi connectivity index (χ3n) is 5.80. The second-order valence-corrected chi connectivity index (χ2v) is 8.89. The minimum Gasteiger partial charge on any atom is -0.491 e. The maximum atomic E-state index is 12.9. The van der Waals surface area contributed by atoms with Gasteiger partial charge in [0.1, 0.15) is 18.1 Å². The first kappa shape index (κ1) is 26.0. The molecule has 3 heterocycles. The summed E-state index contributed by atoms with van der Waals surface area (Å²) in [4.78, 5) is 37.7. The Morgan fingerprint density at radius 1 is 1.08 bits per heavy atom.